The number of nitrogens with zero attached hydrogens (tertiary/aromatic N) is 1. The SMILES string of the molecule is COc1ccc(-c2csc(NC(=O)C(C)Oc3cccc(Cl)c3)n2)cc1. The topological polar surface area (TPSA) is 60.5 Å². The number of carbonyl (C=O) groups excluding carboxylic acids is 1. The maximum absolute atomic E-state index is 12.3. The first-order valence-corrected chi connectivity index (χ1v) is 9.14. The van der Waals surface area contributed by atoms with Crippen molar-refractivity contribution in [2.75, 3.05) is 12.4 Å². The molecule has 1 aromatic heterocycles. The van der Waals surface area contributed by atoms with Gasteiger partial charge in [-0.05, 0) is 49.4 Å². The first-order valence-electron chi connectivity index (χ1n) is 7.88. The number of aromatic nitrogens is 1. The summed E-state index contributed by atoms with van der Waals surface area (Å²) in [5.74, 6) is 1.04. The van der Waals surface area contributed by atoms with Crippen LogP contribution in [0.3, 0.4) is 0 Å². The summed E-state index contributed by atoms with van der Waals surface area (Å²) in [6, 6.07) is 14.5. The van der Waals surface area contributed by atoms with E-state index in [0.717, 1.165) is 17.0 Å². The third-order valence-electron chi connectivity index (χ3n) is 3.60. The lowest BCUT2D eigenvalue weighted by molar-refractivity contribution is -0.122. The molecule has 2 aromatic carbocycles. The molecule has 3 rings (SSSR count). The van der Waals surface area contributed by atoms with Gasteiger partial charge in [0.05, 0.1) is 12.8 Å². The van der Waals surface area contributed by atoms with Gasteiger partial charge in [-0.1, -0.05) is 17.7 Å². The molecule has 0 fully saturated rings. The van der Waals surface area contributed by atoms with E-state index < -0.39 is 6.10 Å². The lowest BCUT2D eigenvalue weighted by Crippen LogP contribution is -2.30. The van der Waals surface area contributed by atoms with Crippen LogP contribution in [0.1, 0.15) is 6.92 Å². The molecular formula is C19H17ClN2O3S. The fourth-order valence-electron chi connectivity index (χ4n) is 2.23. The number of ether oxygens (including phenoxy) is 2. The van der Waals surface area contributed by atoms with Gasteiger partial charge in [0.1, 0.15) is 11.5 Å². The van der Waals surface area contributed by atoms with Gasteiger partial charge < -0.3 is 9.47 Å². The molecule has 7 heteroatoms. The normalized spacial score (nSPS) is 11.7. The molecule has 0 saturated carbocycles. The first-order chi connectivity index (χ1) is 12.5. The van der Waals surface area contributed by atoms with E-state index in [9.17, 15) is 4.79 Å². The predicted molar refractivity (Wildman–Crippen MR) is 104 cm³/mol. The fourth-order valence-corrected chi connectivity index (χ4v) is 3.13. The molecule has 0 aliphatic carbocycles. The molecular weight excluding hydrogens is 372 g/mol. The molecule has 5 nitrogen and oxygen atoms in total. The second kappa shape index (κ2) is 8.21. The zero-order valence-electron chi connectivity index (χ0n) is 14.2. The van der Waals surface area contributed by atoms with Gasteiger partial charge in [0, 0.05) is 16.0 Å². The molecule has 1 N–H and O–H groups in total. The summed E-state index contributed by atoms with van der Waals surface area (Å²) in [4.78, 5) is 16.8. The fraction of sp³-hybridized carbons (Fsp3) is 0.158. The number of thiazole rings is 1. The number of rotatable bonds is 6. The maximum Gasteiger partial charge on any atom is 0.266 e. The summed E-state index contributed by atoms with van der Waals surface area (Å²) in [6.45, 7) is 1.67. The number of benzene rings is 2. The van der Waals surface area contributed by atoms with Gasteiger partial charge in [-0.3, -0.25) is 10.1 Å². The average Bonchev–Trinajstić information content (AvgIpc) is 3.10. The highest BCUT2D eigenvalue weighted by molar-refractivity contribution is 7.14. The van der Waals surface area contributed by atoms with Crippen LogP contribution in [0.2, 0.25) is 5.02 Å². The van der Waals surface area contributed by atoms with Crippen LogP contribution in [0.25, 0.3) is 11.3 Å². The molecule has 1 amide bonds. The second-order valence-electron chi connectivity index (χ2n) is 5.47. The Labute approximate surface area is 160 Å². The molecule has 0 radical (unpaired) electrons. The van der Waals surface area contributed by atoms with Crippen molar-refractivity contribution >= 4 is 34.0 Å². The van der Waals surface area contributed by atoms with Crippen molar-refractivity contribution in [3.05, 3.63) is 58.9 Å². The number of nitrogens with one attached hydrogen (secondary N) is 1. The molecule has 1 unspecified atom stereocenters. The predicted octanol–water partition coefficient (Wildman–Crippen LogP) is 4.88. The standard InChI is InChI=1S/C19H17ClN2O3S/c1-12(25-16-5-3-4-14(20)10-16)18(23)22-19-21-17(11-26-19)13-6-8-15(24-2)9-7-13/h3-12H,1-2H3,(H,21,22,23). The van der Waals surface area contributed by atoms with Gasteiger partial charge in [-0.25, -0.2) is 4.98 Å². The van der Waals surface area contributed by atoms with E-state index in [0.29, 0.717) is 15.9 Å². The number of anilines is 1. The number of halogens is 1. The van der Waals surface area contributed by atoms with Crippen LogP contribution in [0.15, 0.2) is 53.9 Å². The Bertz CT molecular complexity index is 896. The minimum Gasteiger partial charge on any atom is -0.497 e. The van der Waals surface area contributed by atoms with E-state index in [1.807, 2.05) is 29.6 Å². The molecule has 1 heterocycles. The monoisotopic (exact) mass is 388 g/mol. The summed E-state index contributed by atoms with van der Waals surface area (Å²) in [6.07, 6.45) is -0.679. The third kappa shape index (κ3) is 4.53. The smallest absolute Gasteiger partial charge is 0.266 e. The molecule has 3 aromatic rings. The van der Waals surface area contributed by atoms with Gasteiger partial charge in [0.25, 0.3) is 5.91 Å². The average molecular weight is 389 g/mol. The quantitative estimate of drug-likeness (QED) is 0.653. The first kappa shape index (κ1) is 18.2. The van der Waals surface area contributed by atoms with Gasteiger partial charge in [0.2, 0.25) is 0 Å². The molecule has 0 saturated heterocycles. The number of hydrogen-bond donors (Lipinski definition) is 1. The largest absolute Gasteiger partial charge is 0.497 e. The Morgan fingerprint density at radius 2 is 1.96 bits per heavy atom. The van der Waals surface area contributed by atoms with Gasteiger partial charge >= 0.3 is 0 Å². The van der Waals surface area contributed by atoms with Gasteiger partial charge in [0.15, 0.2) is 11.2 Å². The van der Waals surface area contributed by atoms with Crippen molar-refractivity contribution in [3.63, 3.8) is 0 Å². The zero-order valence-corrected chi connectivity index (χ0v) is 15.8. The van der Waals surface area contributed by atoms with E-state index in [1.54, 1.807) is 38.3 Å². The Morgan fingerprint density at radius 3 is 2.65 bits per heavy atom. The summed E-state index contributed by atoms with van der Waals surface area (Å²) in [5.41, 5.74) is 1.74. The van der Waals surface area contributed by atoms with E-state index in [4.69, 9.17) is 21.1 Å². The van der Waals surface area contributed by atoms with E-state index >= 15 is 0 Å². The Morgan fingerprint density at radius 1 is 1.19 bits per heavy atom. The highest BCUT2D eigenvalue weighted by Crippen LogP contribution is 2.26. The van der Waals surface area contributed by atoms with Gasteiger partial charge in [-0.15, -0.1) is 11.3 Å². The van der Waals surface area contributed by atoms with Crippen molar-refractivity contribution < 1.29 is 14.3 Å². The summed E-state index contributed by atoms with van der Waals surface area (Å²) in [7, 11) is 1.62. The van der Waals surface area contributed by atoms with Crippen molar-refractivity contribution in [3.8, 4) is 22.8 Å². The number of amides is 1. The zero-order chi connectivity index (χ0) is 18.5. The van der Waals surface area contributed by atoms with Crippen LogP contribution >= 0.6 is 22.9 Å². The molecule has 0 spiro atoms. The molecule has 0 aliphatic heterocycles. The highest BCUT2D eigenvalue weighted by Gasteiger charge is 2.17. The summed E-state index contributed by atoms with van der Waals surface area (Å²) >= 11 is 7.28. The molecule has 26 heavy (non-hydrogen) atoms. The summed E-state index contributed by atoms with van der Waals surface area (Å²) in [5, 5.41) is 5.73. The van der Waals surface area contributed by atoms with Gasteiger partial charge in [-0.2, -0.15) is 0 Å². The van der Waals surface area contributed by atoms with E-state index in [2.05, 4.69) is 10.3 Å². The maximum atomic E-state index is 12.3. The number of methoxy groups -OCH3 is 1. The van der Waals surface area contributed by atoms with Crippen LogP contribution in [0.4, 0.5) is 5.13 Å². The Kier molecular flexibility index (Phi) is 5.75. The molecule has 0 bridgehead atoms. The van der Waals surface area contributed by atoms with Crippen LogP contribution in [0, 0.1) is 0 Å². The minimum absolute atomic E-state index is 0.277. The van der Waals surface area contributed by atoms with E-state index in [1.165, 1.54) is 11.3 Å². The summed E-state index contributed by atoms with van der Waals surface area (Å²) < 4.78 is 10.8. The molecule has 1 atom stereocenters. The molecule has 134 valence electrons. The van der Waals surface area contributed by atoms with E-state index in [-0.39, 0.29) is 5.91 Å². The van der Waals surface area contributed by atoms with Crippen molar-refractivity contribution in [2.24, 2.45) is 0 Å². The number of carbonyl (C=O) groups is 1. The Balaban J connectivity index is 1.63. The molecule has 0 aliphatic rings. The second-order valence-corrected chi connectivity index (χ2v) is 6.77. The number of hydrogen-bond acceptors (Lipinski definition) is 5. The lowest BCUT2D eigenvalue weighted by Gasteiger charge is -2.13. The van der Waals surface area contributed by atoms with Crippen molar-refractivity contribution in [2.45, 2.75) is 13.0 Å². The minimum atomic E-state index is -0.679. The Hall–Kier alpha value is -2.57. The van der Waals surface area contributed by atoms with Crippen LogP contribution in [-0.4, -0.2) is 24.1 Å². The van der Waals surface area contributed by atoms with Crippen LogP contribution < -0.4 is 14.8 Å². The van der Waals surface area contributed by atoms with Crippen LogP contribution in [-0.2, 0) is 4.79 Å². The van der Waals surface area contributed by atoms with Crippen LogP contribution in [0.5, 0.6) is 11.5 Å². The van der Waals surface area contributed by atoms with Crippen molar-refractivity contribution in [1.82, 2.24) is 4.98 Å². The highest BCUT2D eigenvalue weighted by atomic mass is 35.5. The van der Waals surface area contributed by atoms with Crippen molar-refractivity contribution in [1.29, 1.82) is 0 Å². The third-order valence-corrected chi connectivity index (χ3v) is 4.59. The lowest BCUT2D eigenvalue weighted by atomic mass is 10.2.